The van der Waals surface area contributed by atoms with Crippen LogP contribution in [-0.2, 0) is 7.05 Å². The van der Waals surface area contributed by atoms with E-state index >= 15 is 0 Å². The summed E-state index contributed by atoms with van der Waals surface area (Å²) in [6.45, 7) is 1.26. The number of fused-ring (bicyclic) bond motifs is 4. The van der Waals surface area contributed by atoms with Gasteiger partial charge in [0.2, 0.25) is 0 Å². The van der Waals surface area contributed by atoms with Crippen LogP contribution in [0.1, 0.15) is 6.42 Å². The Hall–Kier alpha value is -3.42. The Morgan fingerprint density at radius 2 is 1.96 bits per heavy atom. The summed E-state index contributed by atoms with van der Waals surface area (Å²) in [5, 5.41) is 5.05. The Bertz CT molecular complexity index is 1210. The van der Waals surface area contributed by atoms with Crippen molar-refractivity contribution in [2.75, 3.05) is 13.2 Å². The first-order chi connectivity index (χ1) is 12.7. The van der Waals surface area contributed by atoms with Gasteiger partial charge in [-0.1, -0.05) is 0 Å². The molecule has 0 aliphatic carbocycles. The molecule has 0 radical (unpaired) electrons. The zero-order valence-electron chi connectivity index (χ0n) is 14.0. The molecule has 0 bridgehead atoms. The second kappa shape index (κ2) is 5.55. The van der Waals surface area contributed by atoms with Crippen LogP contribution in [0.15, 0.2) is 41.5 Å². The van der Waals surface area contributed by atoms with Gasteiger partial charge in [0.15, 0.2) is 17.3 Å². The highest BCUT2D eigenvalue weighted by atomic mass is 16.5. The van der Waals surface area contributed by atoms with Crippen molar-refractivity contribution in [1.29, 1.82) is 0 Å². The van der Waals surface area contributed by atoms with E-state index < -0.39 is 0 Å². The molecule has 0 N–H and O–H groups in total. The van der Waals surface area contributed by atoms with Crippen molar-refractivity contribution in [2.45, 2.75) is 6.42 Å². The van der Waals surface area contributed by atoms with Gasteiger partial charge >= 0.3 is 0 Å². The van der Waals surface area contributed by atoms with Crippen LogP contribution in [0.5, 0.6) is 11.5 Å². The van der Waals surface area contributed by atoms with Crippen molar-refractivity contribution >= 4 is 16.7 Å². The van der Waals surface area contributed by atoms with Gasteiger partial charge in [0.05, 0.1) is 24.1 Å². The number of pyridine rings is 1. The molecule has 4 heterocycles. The summed E-state index contributed by atoms with van der Waals surface area (Å²) >= 11 is 0. The molecular weight excluding hydrogens is 334 g/mol. The predicted molar refractivity (Wildman–Crippen MR) is 94.6 cm³/mol. The standard InChI is InChI=1S/C18H15N5O3/c1-22-6-5-13-12(17(22)24)10-19-18-20-16(21-23(13)18)11-3-4-14-15(9-11)26-8-2-7-25-14/h3-6,9-10H,2,7-8H2,1H3. The van der Waals surface area contributed by atoms with Gasteiger partial charge in [-0.15, -0.1) is 5.10 Å². The summed E-state index contributed by atoms with van der Waals surface area (Å²) in [5.41, 5.74) is 1.35. The average molecular weight is 349 g/mol. The number of hydrogen-bond donors (Lipinski definition) is 0. The first kappa shape index (κ1) is 14.9. The van der Waals surface area contributed by atoms with Crippen molar-refractivity contribution in [2.24, 2.45) is 7.05 Å². The summed E-state index contributed by atoms with van der Waals surface area (Å²) in [6, 6.07) is 7.46. The van der Waals surface area contributed by atoms with E-state index in [9.17, 15) is 4.79 Å². The van der Waals surface area contributed by atoms with E-state index in [2.05, 4.69) is 15.1 Å². The number of hydrogen-bond acceptors (Lipinski definition) is 6. The van der Waals surface area contributed by atoms with Crippen molar-refractivity contribution < 1.29 is 9.47 Å². The fourth-order valence-electron chi connectivity index (χ4n) is 3.04. The maximum Gasteiger partial charge on any atom is 0.261 e. The highest BCUT2D eigenvalue weighted by Crippen LogP contribution is 2.33. The molecular formula is C18H15N5O3. The Balaban J connectivity index is 1.68. The zero-order chi connectivity index (χ0) is 17.7. The van der Waals surface area contributed by atoms with E-state index in [1.165, 1.54) is 4.57 Å². The number of benzene rings is 1. The topological polar surface area (TPSA) is 83.5 Å². The molecule has 8 heteroatoms. The van der Waals surface area contributed by atoms with Gasteiger partial charge < -0.3 is 14.0 Å². The van der Waals surface area contributed by atoms with Gasteiger partial charge in [-0.2, -0.15) is 9.50 Å². The molecule has 1 aliphatic heterocycles. The zero-order valence-corrected chi connectivity index (χ0v) is 14.0. The quantitative estimate of drug-likeness (QED) is 0.521. The van der Waals surface area contributed by atoms with E-state index in [4.69, 9.17) is 9.47 Å². The van der Waals surface area contributed by atoms with E-state index in [-0.39, 0.29) is 5.56 Å². The smallest absolute Gasteiger partial charge is 0.261 e. The van der Waals surface area contributed by atoms with Gasteiger partial charge in [-0.05, 0) is 24.3 Å². The second-order valence-corrected chi connectivity index (χ2v) is 6.15. The number of ether oxygens (including phenoxy) is 2. The SMILES string of the molecule is Cn1ccc2c(cnc3nc(-c4ccc5c(c4)OCCCO5)nn32)c1=O. The molecule has 130 valence electrons. The van der Waals surface area contributed by atoms with Crippen molar-refractivity contribution in [3.63, 3.8) is 0 Å². The lowest BCUT2D eigenvalue weighted by atomic mass is 10.2. The maximum absolute atomic E-state index is 12.3. The van der Waals surface area contributed by atoms with Crippen molar-refractivity contribution in [3.05, 3.63) is 47.0 Å². The molecule has 26 heavy (non-hydrogen) atoms. The normalized spacial score (nSPS) is 13.9. The van der Waals surface area contributed by atoms with Crippen LogP contribution in [0.3, 0.4) is 0 Å². The molecule has 0 atom stereocenters. The third-order valence-electron chi connectivity index (χ3n) is 4.42. The number of rotatable bonds is 1. The lowest BCUT2D eigenvalue weighted by Gasteiger charge is -2.07. The van der Waals surface area contributed by atoms with Gasteiger partial charge in [-0.3, -0.25) is 4.79 Å². The van der Waals surface area contributed by atoms with Crippen LogP contribution in [0.4, 0.5) is 0 Å². The molecule has 1 aliphatic rings. The van der Waals surface area contributed by atoms with Crippen LogP contribution in [0.2, 0.25) is 0 Å². The van der Waals surface area contributed by atoms with Crippen LogP contribution < -0.4 is 15.0 Å². The monoisotopic (exact) mass is 349 g/mol. The Morgan fingerprint density at radius 1 is 1.12 bits per heavy atom. The van der Waals surface area contributed by atoms with E-state index in [1.54, 1.807) is 24.0 Å². The van der Waals surface area contributed by atoms with Crippen molar-refractivity contribution in [3.8, 4) is 22.9 Å². The first-order valence-electron chi connectivity index (χ1n) is 8.32. The predicted octanol–water partition coefficient (Wildman–Crippen LogP) is 1.80. The van der Waals surface area contributed by atoms with Gasteiger partial charge in [0.1, 0.15) is 0 Å². The summed E-state index contributed by atoms with van der Waals surface area (Å²) in [7, 11) is 1.70. The molecule has 0 amide bonds. The van der Waals surface area contributed by atoms with Gasteiger partial charge in [0, 0.05) is 31.4 Å². The molecule has 0 fully saturated rings. The Morgan fingerprint density at radius 3 is 2.85 bits per heavy atom. The third kappa shape index (κ3) is 2.22. The Kier molecular flexibility index (Phi) is 3.18. The minimum Gasteiger partial charge on any atom is -0.490 e. The maximum atomic E-state index is 12.3. The molecule has 3 aromatic heterocycles. The largest absolute Gasteiger partial charge is 0.490 e. The van der Waals surface area contributed by atoms with E-state index in [0.717, 1.165) is 17.7 Å². The summed E-state index contributed by atoms with van der Waals surface area (Å²) in [4.78, 5) is 21.0. The van der Waals surface area contributed by atoms with Crippen LogP contribution in [0.25, 0.3) is 28.1 Å². The van der Waals surface area contributed by atoms with E-state index in [1.807, 2.05) is 24.3 Å². The van der Waals surface area contributed by atoms with Crippen LogP contribution in [-0.4, -0.2) is 37.4 Å². The van der Waals surface area contributed by atoms with Crippen molar-refractivity contribution in [1.82, 2.24) is 24.1 Å². The lowest BCUT2D eigenvalue weighted by molar-refractivity contribution is 0.297. The Labute approximate surface area is 147 Å². The fourth-order valence-corrected chi connectivity index (χ4v) is 3.04. The molecule has 0 saturated carbocycles. The molecule has 8 nitrogen and oxygen atoms in total. The highest BCUT2D eigenvalue weighted by Gasteiger charge is 2.15. The third-order valence-corrected chi connectivity index (χ3v) is 4.42. The molecule has 4 aromatic rings. The highest BCUT2D eigenvalue weighted by molar-refractivity contribution is 5.79. The van der Waals surface area contributed by atoms with Gasteiger partial charge in [0.25, 0.3) is 11.3 Å². The fraction of sp³-hybridized carbons (Fsp3) is 0.222. The minimum absolute atomic E-state index is 0.121. The minimum atomic E-state index is -0.121. The first-order valence-corrected chi connectivity index (χ1v) is 8.32. The second-order valence-electron chi connectivity index (χ2n) is 6.15. The number of aryl methyl sites for hydroxylation is 1. The molecule has 0 spiro atoms. The molecule has 5 rings (SSSR count). The summed E-state index contributed by atoms with van der Waals surface area (Å²) < 4.78 is 14.5. The molecule has 1 aromatic carbocycles. The average Bonchev–Trinajstić information content (AvgIpc) is 2.96. The molecule has 0 unspecified atom stereocenters. The van der Waals surface area contributed by atoms with Crippen LogP contribution >= 0.6 is 0 Å². The summed E-state index contributed by atoms with van der Waals surface area (Å²) in [5.74, 6) is 2.36. The number of aromatic nitrogens is 5. The van der Waals surface area contributed by atoms with E-state index in [0.29, 0.717) is 41.5 Å². The van der Waals surface area contributed by atoms with Crippen LogP contribution in [0, 0.1) is 0 Å². The van der Waals surface area contributed by atoms with Gasteiger partial charge in [-0.25, -0.2) is 4.98 Å². The lowest BCUT2D eigenvalue weighted by Crippen LogP contribution is -2.16. The summed E-state index contributed by atoms with van der Waals surface area (Å²) in [6.07, 6.45) is 4.10. The molecule has 0 saturated heterocycles. The number of nitrogens with zero attached hydrogens (tertiary/aromatic N) is 5.